The minimum atomic E-state index is -0.227. The first-order valence-corrected chi connectivity index (χ1v) is 7.31. The van der Waals surface area contributed by atoms with Crippen LogP contribution >= 0.6 is 15.9 Å². The molecular formula is C16H17BrN2O2. The average Bonchev–Trinajstić information content (AvgIpc) is 2.48. The predicted molar refractivity (Wildman–Crippen MR) is 87.4 cm³/mol. The molecular weight excluding hydrogens is 332 g/mol. The number of amides is 1. The zero-order valence-corrected chi connectivity index (χ0v) is 13.5. The molecule has 0 aliphatic rings. The highest BCUT2D eigenvalue weighted by molar-refractivity contribution is 9.10. The molecule has 0 fully saturated rings. The number of carbonyl (C=O) groups excluding carboxylic acids is 1. The van der Waals surface area contributed by atoms with E-state index in [4.69, 9.17) is 10.5 Å². The number of methoxy groups -OCH3 is 1. The van der Waals surface area contributed by atoms with Crippen LogP contribution < -0.4 is 15.8 Å². The summed E-state index contributed by atoms with van der Waals surface area (Å²) in [6, 6.07) is 12.7. The lowest BCUT2D eigenvalue weighted by Crippen LogP contribution is -2.27. The van der Waals surface area contributed by atoms with Gasteiger partial charge in [-0.05, 0) is 36.8 Å². The van der Waals surface area contributed by atoms with Gasteiger partial charge in [0.1, 0.15) is 5.75 Å². The van der Waals surface area contributed by atoms with Crippen LogP contribution in [0.5, 0.6) is 5.75 Å². The lowest BCUT2D eigenvalue weighted by molar-refractivity contribution is 0.0940. The second-order valence-corrected chi connectivity index (χ2v) is 5.52. The first kappa shape index (κ1) is 15.4. The molecule has 4 nitrogen and oxygen atoms in total. The molecule has 0 aliphatic carbocycles. The molecule has 0 aromatic heterocycles. The van der Waals surface area contributed by atoms with E-state index in [-0.39, 0.29) is 11.9 Å². The maximum absolute atomic E-state index is 12.4. The largest absolute Gasteiger partial charge is 0.497 e. The molecule has 1 atom stereocenters. The number of hydrogen-bond acceptors (Lipinski definition) is 3. The van der Waals surface area contributed by atoms with E-state index in [1.54, 1.807) is 25.3 Å². The summed E-state index contributed by atoms with van der Waals surface area (Å²) in [5, 5.41) is 2.94. The smallest absolute Gasteiger partial charge is 0.253 e. The lowest BCUT2D eigenvalue weighted by Gasteiger charge is -2.17. The molecule has 0 saturated carbocycles. The zero-order chi connectivity index (χ0) is 15.4. The fourth-order valence-corrected chi connectivity index (χ4v) is 2.67. The highest BCUT2D eigenvalue weighted by Gasteiger charge is 2.16. The molecule has 0 saturated heterocycles. The van der Waals surface area contributed by atoms with Crippen LogP contribution in [0, 0.1) is 0 Å². The molecule has 2 aromatic carbocycles. The van der Waals surface area contributed by atoms with Crippen molar-refractivity contribution in [3.05, 3.63) is 58.1 Å². The van der Waals surface area contributed by atoms with Crippen LogP contribution in [0.2, 0.25) is 0 Å². The van der Waals surface area contributed by atoms with E-state index in [0.717, 1.165) is 10.0 Å². The highest BCUT2D eigenvalue weighted by Crippen LogP contribution is 2.24. The Bertz CT molecular complexity index is 658. The Hall–Kier alpha value is -2.01. The van der Waals surface area contributed by atoms with E-state index in [1.807, 2.05) is 31.2 Å². The standard InChI is InChI=1S/C16H17BrN2O2/c1-10(12-5-3-4-6-14(12)17)19-16(20)13-9-11(21-2)7-8-15(13)18/h3-10H,18H2,1-2H3,(H,19,20)/t10-/m1/s1. The lowest BCUT2D eigenvalue weighted by atomic mass is 10.1. The molecule has 0 aliphatic heterocycles. The molecule has 2 aromatic rings. The van der Waals surface area contributed by atoms with Crippen LogP contribution in [0.15, 0.2) is 46.9 Å². The van der Waals surface area contributed by atoms with Crippen LogP contribution in [-0.2, 0) is 0 Å². The molecule has 1 amide bonds. The summed E-state index contributed by atoms with van der Waals surface area (Å²) in [7, 11) is 1.55. The third-order valence-electron chi connectivity index (χ3n) is 3.22. The summed E-state index contributed by atoms with van der Waals surface area (Å²) in [4.78, 5) is 12.4. The Kier molecular flexibility index (Phi) is 4.85. The second kappa shape index (κ2) is 6.63. The number of benzene rings is 2. The van der Waals surface area contributed by atoms with E-state index in [0.29, 0.717) is 17.0 Å². The predicted octanol–water partition coefficient (Wildman–Crippen LogP) is 3.53. The number of hydrogen-bond donors (Lipinski definition) is 2. The van der Waals surface area contributed by atoms with Gasteiger partial charge in [-0.3, -0.25) is 4.79 Å². The molecule has 0 heterocycles. The van der Waals surface area contributed by atoms with Gasteiger partial charge in [-0.15, -0.1) is 0 Å². The molecule has 0 unspecified atom stereocenters. The molecule has 0 bridgehead atoms. The maximum atomic E-state index is 12.4. The van der Waals surface area contributed by atoms with Crippen molar-refractivity contribution in [2.75, 3.05) is 12.8 Å². The van der Waals surface area contributed by atoms with Crippen LogP contribution in [0.4, 0.5) is 5.69 Å². The number of rotatable bonds is 4. The number of anilines is 1. The van der Waals surface area contributed by atoms with Gasteiger partial charge in [0, 0.05) is 10.2 Å². The minimum Gasteiger partial charge on any atom is -0.497 e. The number of halogens is 1. The molecule has 110 valence electrons. The molecule has 21 heavy (non-hydrogen) atoms. The molecule has 0 spiro atoms. The summed E-state index contributed by atoms with van der Waals surface area (Å²) in [5.74, 6) is 0.373. The normalized spacial score (nSPS) is 11.8. The van der Waals surface area contributed by atoms with Crippen molar-refractivity contribution >= 4 is 27.5 Å². The van der Waals surface area contributed by atoms with E-state index in [1.165, 1.54) is 0 Å². The fraction of sp³-hybridized carbons (Fsp3) is 0.188. The SMILES string of the molecule is COc1ccc(N)c(C(=O)N[C@H](C)c2ccccc2Br)c1. The summed E-state index contributed by atoms with van der Waals surface area (Å²) in [6.45, 7) is 1.92. The van der Waals surface area contributed by atoms with E-state index >= 15 is 0 Å². The first-order chi connectivity index (χ1) is 10.0. The maximum Gasteiger partial charge on any atom is 0.253 e. The van der Waals surface area contributed by atoms with Gasteiger partial charge in [-0.25, -0.2) is 0 Å². The summed E-state index contributed by atoms with van der Waals surface area (Å²) in [5.41, 5.74) is 7.70. The van der Waals surface area contributed by atoms with Crippen LogP contribution in [0.1, 0.15) is 28.9 Å². The molecule has 5 heteroatoms. The Labute approximate surface area is 132 Å². The molecule has 3 N–H and O–H groups in total. The molecule has 0 radical (unpaired) electrons. The quantitative estimate of drug-likeness (QED) is 0.830. The Morgan fingerprint density at radius 3 is 2.67 bits per heavy atom. The number of ether oxygens (including phenoxy) is 1. The Balaban J connectivity index is 2.20. The first-order valence-electron chi connectivity index (χ1n) is 6.51. The number of nitrogens with one attached hydrogen (secondary N) is 1. The van der Waals surface area contributed by atoms with E-state index in [9.17, 15) is 4.79 Å². The second-order valence-electron chi connectivity index (χ2n) is 4.67. The fourth-order valence-electron chi connectivity index (χ4n) is 2.04. The minimum absolute atomic E-state index is 0.140. The van der Waals surface area contributed by atoms with Crippen molar-refractivity contribution in [2.24, 2.45) is 0 Å². The monoisotopic (exact) mass is 348 g/mol. The zero-order valence-electron chi connectivity index (χ0n) is 11.9. The Morgan fingerprint density at radius 1 is 1.29 bits per heavy atom. The molecule has 2 rings (SSSR count). The van der Waals surface area contributed by atoms with Gasteiger partial charge in [-0.2, -0.15) is 0 Å². The summed E-state index contributed by atoms with van der Waals surface area (Å²) in [6.07, 6.45) is 0. The van der Waals surface area contributed by atoms with E-state index < -0.39 is 0 Å². The van der Waals surface area contributed by atoms with Crippen molar-refractivity contribution in [1.29, 1.82) is 0 Å². The van der Waals surface area contributed by atoms with Gasteiger partial charge in [0.25, 0.3) is 5.91 Å². The highest BCUT2D eigenvalue weighted by atomic mass is 79.9. The van der Waals surface area contributed by atoms with Gasteiger partial charge in [0.2, 0.25) is 0 Å². The number of carbonyl (C=O) groups is 1. The van der Waals surface area contributed by atoms with E-state index in [2.05, 4.69) is 21.2 Å². The Morgan fingerprint density at radius 2 is 2.00 bits per heavy atom. The van der Waals surface area contributed by atoms with Crippen LogP contribution in [0.25, 0.3) is 0 Å². The topological polar surface area (TPSA) is 64.3 Å². The van der Waals surface area contributed by atoms with Crippen molar-refractivity contribution < 1.29 is 9.53 Å². The van der Waals surface area contributed by atoms with Crippen molar-refractivity contribution in [3.8, 4) is 5.75 Å². The third kappa shape index (κ3) is 3.55. The van der Waals surface area contributed by atoms with Gasteiger partial charge < -0.3 is 15.8 Å². The number of nitrogen functional groups attached to an aromatic ring is 1. The summed E-state index contributed by atoms with van der Waals surface area (Å²) < 4.78 is 6.08. The average molecular weight is 349 g/mol. The van der Waals surface area contributed by atoms with Gasteiger partial charge in [-0.1, -0.05) is 34.1 Å². The van der Waals surface area contributed by atoms with Crippen LogP contribution in [-0.4, -0.2) is 13.0 Å². The van der Waals surface area contributed by atoms with Gasteiger partial charge >= 0.3 is 0 Å². The number of nitrogens with two attached hydrogens (primary N) is 1. The van der Waals surface area contributed by atoms with Crippen molar-refractivity contribution in [2.45, 2.75) is 13.0 Å². The van der Waals surface area contributed by atoms with Crippen molar-refractivity contribution in [3.63, 3.8) is 0 Å². The van der Waals surface area contributed by atoms with Crippen molar-refractivity contribution in [1.82, 2.24) is 5.32 Å². The third-order valence-corrected chi connectivity index (χ3v) is 3.95. The van der Waals surface area contributed by atoms with Gasteiger partial charge in [0.15, 0.2) is 0 Å². The van der Waals surface area contributed by atoms with Gasteiger partial charge in [0.05, 0.1) is 18.7 Å². The summed E-state index contributed by atoms with van der Waals surface area (Å²) >= 11 is 3.48. The van der Waals surface area contributed by atoms with Crippen LogP contribution in [0.3, 0.4) is 0 Å².